The van der Waals surface area contributed by atoms with E-state index >= 15 is 0 Å². The molecule has 2 N–H and O–H groups in total. The second-order valence-electron chi connectivity index (χ2n) is 10.0. The predicted molar refractivity (Wildman–Crippen MR) is 132 cm³/mol. The van der Waals surface area contributed by atoms with E-state index in [4.69, 9.17) is 4.98 Å². The predicted octanol–water partition coefficient (Wildman–Crippen LogP) is 3.89. The van der Waals surface area contributed by atoms with Gasteiger partial charge in [-0.1, -0.05) is 26.8 Å². The van der Waals surface area contributed by atoms with Crippen LogP contribution in [0.2, 0.25) is 0 Å². The molecule has 0 unspecified atom stereocenters. The molecule has 1 saturated heterocycles. The normalized spacial score (nSPS) is 17.7. The molecule has 33 heavy (non-hydrogen) atoms. The van der Waals surface area contributed by atoms with Crippen molar-refractivity contribution in [1.29, 1.82) is 5.26 Å². The molecule has 0 spiro atoms. The summed E-state index contributed by atoms with van der Waals surface area (Å²) in [6.45, 7) is 8.79. The van der Waals surface area contributed by atoms with Crippen molar-refractivity contribution in [1.82, 2.24) is 19.0 Å². The Balaban J connectivity index is 1.70. The van der Waals surface area contributed by atoms with Crippen LogP contribution in [-0.4, -0.2) is 52.7 Å². The first-order valence-corrected chi connectivity index (χ1v) is 12.9. The van der Waals surface area contributed by atoms with Crippen LogP contribution >= 0.6 is 10.6 Å². The van der Waals surface area contributed by atoms with E-state index in [9.17, 15) is 19.2 Å². The topological polar surface area (TPSA) is 107 Å². The van der Waals surface area contributed by atoms with Crippen molar-refractivity contribution in [2.45, 2.75) is 33.9 Å². The number of aryl methyl sites for hydroxylation is 1. The number of rotatable bonds is 4. The van der Waals surface area contributed by atoms with Crippen molar-refractivity contribution in [2.75, 3.05) is 24.6 Å². The molecule has 1 aliphatic heterocycles. The van der Waals surface area contributed by atoms with Gasteiger partial charge in [0.2, 0.25) is 0 Å². The summed E-state index contributed by atoms with van der Waals surface area (Å²) >= 11 is 0. The third kappa shape index (κ3) is 4.99. The lowest BCUT2D eigenvalue weighted by molar-refractivity contribution is 0.278. The highest BCUT2D eigenvalue weighted by atomic mass is 32.3. The van der Waals surface area contributed by atoms with Crippen LogP contribution in [0.25, 0.3) is 22.4 Å². The van der Waals surface area contributed by atoms with Crippen molar-refractivity contribution in [3.63, 3.8) is 0 Å². The standard InChI is InChI=1S/C24H31N5O3S/c1-24(2,3)16-29-21-8-7-20(26-22(21)27(4)23(29)30)19-13-17(5-6-18(19)14-25)15-28-9-11-33(31,32)12-10-28/h5-8,13,31-32H,9-12,15-16H2,1-4H3. The minimum atomic E-state index is -2.43. The number of fused-ring (bicyclic) bond motifs is 1. The second kappa shape index (κ2) is 8.61. The highest BCUT2D eigenvalue weighted by Crippen LogP contribution is 2.40. The molecule has 0 bridgehead atoms. The first-order chi connectivity index (χ1) is 15.5. The first kappa shape index (κ1) is 23.5. The third-order valence-electron chi connectivity index (χ3n) is 5.97. The number of benzene rings is 1. The smallest absolute Gasteiger partial charge is 0.299 e. The quantitative estimate of drug-likeness (QED) is 0.600. The average molecular weight is 470 g/mol. The lowest BCUT2D eigenvalue weighted by atomic mass is 9.97. The average Bonchev–Trinajstić information content (AvgIpc) is 2.98. The highest BCUT2D eigenvalue weighted by Gasteiger charge is 2.23. The summed E-state index contributed by atoms with van der Waals surface area (Å²) in [6, 6.07) is 11.8. The van der Waals surface area contributed by atoms with Gasteiger partial charge in [-0.15, -0.1) is 0 Å². The van der Waals surface area contributed by atoms with E-state index < -0.39 is 10.6 Å². The summed E-state index contributed by atoms with van der Waals surface area (Å²) in [5.41, 5.74) is 4.16. The molecule has 1 fully saturated rings. The van der Waals surface area contributed by atoms with Crippen LogP contribution in [0.5, 0.6) is 0 Å². The molecule has 3 aromatic rings. The van der Waals surface area contributed by atoms with Gasteiger partial charge in [0, 0.05) is 38.8 Å². The Hall–Kier alpha value is -2.64. The number of nitrogens with zero attached hydrogens (tertiary/aromatic N) is 5. The second-order valence-corrected chi connectivity index (χ2v) is 12.4. The minimum absolute atomic E-state index is 0.0548. The van der Waals surface area contributed by atoms with Crippen molar-refractivity contribution >= 4 is 21.8 Å². The number of nitriles is 1. The Morgan fingerprint density at radius 1 is 1.15 bits per heavy atom. The molecule has 0 saturated carbocycles. The fourth-order valence-corrected chi connectivity index (χ4v) is 5.54. The molecular formula is C24H31N5O3S. The van der Waals surface area contributed by atoms with Crippen LogP contribution < -0.4 is 5.69 Å². The zero-order valence-electron chi connectivity index (χ0n) is 19.6. The van der Waals surface area contributed by atoms with Crippen LogP contribution in [0.3, 0.4) is 0 Å². The summed E-state index contributed by atoms with van der Waals surface area (Å²) in [5.74, 6) is 0.794. The first-order valence-electron chi connectivity index (χ1n) is 11.0. The van der Waals surface area contributed by atoms with Gasteiger partial charge in [-0.25, -0.2) is 9.78 Å². The van der Waals surface area contributed by atoms with Gasteiger partial charge >= 0.3 is 5.69 Å². The Bertz CT molecular complexity index is 1290. The van der Waals surface area contributed by atoms with Crippen molar-refractivity contribution in [3.05, 3.63) is 51.9 Å². The molecule has 8 nitrogen and oxygen atoms in total. The van der Waals surface area contributed by atoms with Gasteiger partial charge in [0.1, 0.15) is 0 Å². The SMILES string of the molecule is Cn1c(=O)n(CC(C)(C)C)c2ccc(-c3cc(CN4CCS(O)(O)CC4)ccc3C#N)nc21. The summed E-state index contributed by atoms with van der Waals surface area (Å²) in [5, 5.41) is 9.69. The Kier molecular flexibility index (Phi) is 6.14. The van der Waals surface area contributed by atoms with E-state index in [0.29, 0.717) is 54.6 Å². The number of hydrogen-bond acceptors (Lipinski definition) is 6. The van der Waals surface area contributed by atoms with Gasteiger partial charge in [0.25, 0.3) is 0 Å². The summed E-state index contributed by atoms with van der Waals surface area (Å²) < 4.78 is 23.0. The minimum Gasteiger partial charge on any atom is -0.299 e. The van der Waals surface area contributed by atoms with Crippen molar-refractivity contribution in [2.24, 2.45) is 12.5 Å². The van der Waals surface area contributed by atoms with Gasteiger partial charge in [-0.3, -0.25) is 23.1 Å². The molecule has 1 aromatic carbocycles. The highest BCUT2D eigenvalue weighted by molar-refractivity contribution is 8.24. The Labute approximate surface area is 195 Å². The molecule has 4 rings (SSSR count). The van der Waals surface area contributed by atoms with E-state index in [-0.39, 0.29) is 11.1 Å². The van der Waals surface area contributed by atoms with Crippen LogP contribution in [0.15, 0.2) is 35.1 Å². The molecular weight excluding hydrogens is 438 g/mol. The van der Waals surface area contributed by atoms with Gasteiger partial charge in [-0.05, 0) is 35.2 Å². The molecule has 0 amide bonds. The number of hydrogen-bond donors (Lipinski definition) is 2. The summed E-state index contributed by atoms with van der Waals surface area (Å²) in [7, 11) is -0.707. The van der Waals surface area contributed by atoms with E-state index in [2.05, 4.69) is 31.7 Å². The van der Waals surface area contributed by atoms with E-state index in [1.54, 1.807) is 22.2 Å². The van der Waals surface area contributed by atoms with Crippen LogP contribution in [-0.2, 0) is 20.1 Å². The Morgan fingerprint density at radius 2 is 1.85 bits per heavy atom. The number of pyridine rings is 1. The summed E-state index contributed by atoms with van der Waals surface area (Å²) in [6.07, 6.45) is 0. The Morgan fingerprint density at radius 3 is 2.48 bits per heavy atom. The number of aromatic nitrogens is 3. The molecule has 0 aliphatic carbocycles. The molecule has 0 radical (unpaired) electrons. The van der Waals surface area contributed by atoms with E-state index in [1.165, 1.54) is 0 Å². The molecule has 1 aliphatic rings. The van der Waals surface area contributed by atoms with Gasteiger partial charge in [-0.2, -0.15) is 15.9 Å². The fourth-order valence-electron chi connectivity index (χ4n) is 4.23. The zero-order valence-corrected chi connectivity index (χ0v) is 20.4. The number of imidazole rings is 1. The van der Waals surface area contributed by atoms with Gasteiger partial charge in [0.15, 0.2) is 5.65 Å². The molecule has 176 valence electrons. The third-order valence-corrected chi connectivity index (χ3v) is 7.64. The molecule has 0 atom stereocenters. The van der Waals surface area contributed by atoms with Gasteiger partial charge in [0.05, 0.1) is 34.3 Å². The van der Waals surface area contributed by atoms with E-state index in [0.717, 1.165) is 16.6 Å². The zero-order chi connectivity index (χ0) is 24.0. The maximum Gasteiger partial charge on any atom is 0.330 e. The lowest BCUT2D eigenvalue weighted by Gasteiger charge is -2.41. The van der Waals surface area contributed by atoms with Gasteiger partial charge < -0.3 is 0 Å². The van der Waals surface area contributed by atoms with Crippen LogP contribution in [0, 0.1) is 16.7 Å². The van der Waals surface area contributed by atoms with Crippen LogP contribution in [0.1, 0.15) is 31.9 Å². The van der Waals surface area contributed by atoms with Crippen molar-refractivity contribution in [3.8, 4) is 17.3 Å². The molecule has 3 heterocycles. The maximum atomic E-state index is 12.9. The fraction of sp³-hybridized carbons (Fsp3) is 0.458. The maximum absolute atomic E-state index is 12.9. The molecule has 9 heteroatoms. The largest absolute Gasteiger partial charge is 0.330 e. The summed E-state index contributed by atoms with van der Waals surface area (Å²) in [4.78, 5) is 19.8. The van der Waals surface area contributed by atoms with E-state index in [1.807, 2.05) is 24.3 Å². The molecule has 2 aromatic heterocycles. The monoisotopic (exact) mass is 469 g/mol. The lowest BCUT2D eigenvalue weighted by Crippen LogP contribution is -2.37. The van der Waals surface area contributed by atoms with Crippen LogP contribution in [0.4, 0.5) is 0 Å². The van der Waals surface area contributed by atoms with Crippen molar-refractivity contribution < 1.29 is 9.11 Å².